The highest BCUT2D eigenvalue weighted by molar-refractivity contribution is 7.81. The van der Waals surface area contributed by atoms with E-state index in [1.807, 2.05) is 44.2 Å². The van der Waals surface area contributed by atoms with E-state index in [-0.39, 0.29) is 30.9 Å². The zero-order valence-electron chi connectivity index (χ0n) is 14.7. The van der Waals surface area contributed by atoms with E-state index >= 15 is 0 Å². The first-order valence-electron chi connectivity index (χ1n) is 8.65. The second kappa shape index (κ2) is 8.06. The van der Waals surface area contributed by atoms with Crippen molar-refractivity contribution in [2.24, 2.45) is 5.92 Å². The number of amides is 2. The number of thiol groups is 1. The molecule has 1 heterocycles. The molecule has 0 N–H and O–H groups in total. The molecule has 1 aromatic carbocycles. The van der Waals surface area contributed by atoms with Crippen molar-refractivity contribution in [1.29, 1.82) is 0 Å². The highest BCUT2D eigenvalue weighted by Crippen LogP contribution is 2.38. The van der Waals surface area contributed by atoms with Gasteiger partial charge in [-0.1, -0.05) is 63.9 Å². The van der Waals surface area contributed by atoms with Crippen LogP contribution in [0.5, 0.6) is 0 Å². The van der Waals surface area contributed by atoms with E-state index in [9.17, 15) is 9.59 Å². The monoisotopic (exact) mass is 349 g/mol. The lowest BCUT2D eigenvalue weighted by molar-refractivity contribution is -0.130. The molecule has 0 aromatic heterocycles. The molecule has 0 radical (unpaired) electrons. The van der Waals surface area contributed by atoms with E-state index in [1.165, 1.54) is 4.90 Å². The van der Waals surface area contributed by atoms with Gasteiger partial charge in [0.15, 0.2) is 0 Å². The summed E-state index contributed by atoms with van der Waals surface area (Å²) in [5, 5.41) is 0. The van der Waals surface area contributed by atoms with Crippen LogP contribution in [0.2, 0.25) is 0 Å². The highest BCUT2D eigenvalue weighted by atomic mass is 32.1. The number of hydrogen-bond donors (Lipinski definition) is 1. The molecule has 4 nitrogen and oxygen atoms in total. The molecular formula is C19H27NO3S. The SMILES string of the molecule is CCCC[C@@](S)(CC(=O)N1C(=O)OC[C@@H]1C(C)C)c1ccccc1. The number of benzene rings is 1. The number of hydrogen-bond acceptors (Lipinski definition) is 4. The Morgan fingerprint density at radius 2 is 2.04 bits per heavy atom. The van der Waals surface area contributed by atoms with Crippen LogP contribution in [0.25, 0.3) is 0 Å². The Morgan fingerprint density at radius 3 is 2.62 bits per heavy atom. The van der Waals surface area contributed by atoms with Crippen molar-refractivity contribution in [2.45, 2.75) is 57.2 Å². The standard InChI is InChI=1S/C19H27NO3S/c1-4-5-11-19(24,15-9-7-6-8-10-15)12-17(21)20-16(14(2)3)13-23-18(20)22/h6-10,14,16,24H,4-5,11-13H2,1-3H3/t16-,19-/m1/s1. The lowest BCUT2D eigenvalue weighted by Gasteiger charge is -2.31. The summed E-state index contributed by atoms with van der Waals surface area (Å²) in [6, 6.07) is 9.67. The maximum Gasteiger partial charge on any atom is 0.416 e. The molecule has 2 rings (SSSR count). The van der Waals surface area contributed by atoms with Crippen LogP contribution in [0.15, 0.2) is 30.3 Å². The second-order valence-corrected chi connectivity index (χ2v) is 7.69. The Balaban J connectivity index is 2.22. The predicted octanol–water partition coefficient (Wildman–Crippen LogP) is 4.40. The van der Waals surface area contributed by atoms with Gasteiger partial charge >= 0.3 is 6.09 Å². The Hall–Kier alpha value is -1.49. The number of unbranched alkanes of at least 4 members (excludes halogenated alkanes) is 1. The molecule has 1 aromatic rings. The predicted molar refractivity (Wildman–Crippen MR) is 98.1 cm³/mol. The number of carbonyl (C=O) groups is 2. The average molecular weight is 349 g/mol. The van der Waals surface area contributed by atoms with Gasteiger partial charge in [-0.2, -0.15) is 12.6 Å². The van der Waals surface area contributed by atoms with Gasteiger partial charge in [0, 0.05) is 11.2 Å². The summed E-state index contributed by atoms with van der Waals surface area (Å²) in [6.07, 6.45) is 2.46. The third kappa shape index (κ3) is 4.12. The molecule has 0 spiro atoms. The van der Waals surface area contributed by atoms with E-state index in [0.717, 1.165) is 24.8 Å². The Morgan fingerprint density at radius 1 is 1.38 bits per heavy atom. The summed E-state index contributed by atoms with van der Waals surface area (Å²) < 4.78 is 4.53. The number of carbonyl (C=O) groups excluding carboxylic acids is 2. The van der Waals surface area contributed by atoms with Crippen molar-refractivity contribution in [2.75, 3.05) is 6.61 Å². The Bertz CT molecular complexity index is 575. The van der Waals surface area contributed by atoms with E-state index in [0.29, 0.717) is 0 Å². The normalized spacial score (nSPS) is 20.1. The third-order valence-corrected chi connectivity index (χ3v) is 5.28. The molecule has 1 aliphatic rings. The Kier molecular flexibility index (Phi) is 6.33. The number of ether oxygens (including phenoxy) is 1. The highest BCUT2D eigenvalue weighted by Gasteiger charge is 2.42. The lowest BCUT2D eigenvalue weighted by atomic mass is 9.88. The van der Waals surface area contributed by atoms with E-state index < -0.39 is 10.8 Å². The Labute approximate surface area is 150 Å². The third-order valence-electron chi connectivity index (χ3n) is 4.64. The molecule has 1 aliphatic heterocycles. The lowest BCUT2D eigenvalue weighted by Crippen LogP contribution is -2.44. The van der Waals surface area contributed by atoms with Gasteiger partial charge in [-0.3, -0.25) is 4.79 Å². The maximum atomic E-state index is 12.9. The van der Waals surface area contributed by atoms with Crippen molar-refractivity contribution in [1.82, 2.24) is 4.90 Å². The molecule has 1 saturated heterocycles. The number of rotatable bonds is 7. The van der Waals surface area contributed by atoms with Crippen molar-refractivity contribution >= 4 is 24.6 Å². The van der Waals surface area contributed by atoms with Gasteiger partial charge in [0.25, 0.3) is 0 Å². The zero-order chi connectivity index (χ0) is 17.7. The van der Waals surface area contributed by atoms with Crippen LogP contribution >= 0.6 is 12.6 Å². The van der Waals surface area contributed by atoms with E-state index in [4.69, 9.17) is 17.4 Å². The van der Waals surface area contributed by atoms with Gasteiger partial charge in [-0.25, -0.2) is 9.69 Å². The van der Waals surface area contributed by atoms with Crippen LogP contribution in [-0.4, -0.2) is 29.5 Å². The molecule has 24 heavy (non-hydrogen) atoms. The van der Waals surface area contributed by atoms with Crippen molar-refractivity contribution in [3.63, 3.8) is 0 Å². The van der Waals surface area contributed by atoms with Crippen LogP contribution in [0.1, 0.15) is 52.0 Å². The summed E-state index contributed by atoms with van der Waals surface area (Å²) >= 11 is 4.89. The summed E-state index contributed by atoms with van der Waals surface area (Å²) in [4.78, 5) is 26.2. The van der Waals surface area contributed by atoms with Crippen LogP contribution in [0.4, 0.5) is 4.79 Å². The smallest absolute Gasteiger partial charge is 0.416 e. The van der Waals surface area contributed by atoms with E-state index in [1.54, 1.807) is 0 Å². The minimum Gasteiger partial charge on any atom is -0.447 e. The summed E-state index contributed by atoms with van der Waals surface area (Å²) in [5.74, 6) is -0.0340. The van der Waals surface area contributed by atoms with Gasteiger partial charge in [0.2, 0.25) is 5.91 Å². The molecule has 5 heteroatoms. The van der Waals surface area contributed by atoms with Gasteiger partial charge in [0.1, 0.15) is 6.61 Å². The molecule has 0 unspecified atom stereocenters. The van der Waals surface area contributed by atoms with Gasteiger partial charge in [0.05, 0.1) is 6.04 Å². The van der Waals surface area contributed by atoms with Gasteiger partial charge in [-0.05, 0) is 17.9 Å². The van der Waals surface area contributed by atoms with Crippen molar-refractivity contribution in [3.05, 3.63) is 35.9 Å². The maximum absolute atomic E-state index is 12.9. The fourth-order valence-electron chi connectivity index (χ4n) is 3.10. The van der Waals surface area contributed by atoms with Crippen LogP contribution < -0.4 is 0 Å². The molecule has 1 fully saturated rings. The van der Waals surface area contributed by atoms with Gasteiger partial charge < -0.3 is 4.74 Å². The van der Waals surface area contributed by atoms with Crippen LogP contribution in [0, 0.1) is 5.92 Å². The molecular weight excluding hydrogens is 322 g/mol. The molecule has 2 amide bonds. The first kappa shape index (κ1) is 18.8. The van der Waals surface area contributed by atoms with Crippen LogP contribution in [-0.2, 0) is 14.3 Å². The van der Waals surface area contributed by atoms with Crippen molar-refractivity contribution < 1.29 is 14.3 Å². The quantitative estimate of drug-likeness (QED) is 0.742. The topological polar surface area (TPSA) is 46.6 Å². The zero-order valence-corrected chi connectivity index (χ0v) is 15.6. The van der Waals surface area contributed by atoms with E-state index in [2.05, 4.69) is 6.92 Å². The minimum atomic E-state index is -0.571. The number of nitrogens with zero attached hydrogens (tertiary/aromatic N) is 1. The van der Waals surface area contributed by atoms with Gasteiger partial charge in [-0.15, -0.1) is 0 Å². The molecule has 132 valence electrons. The van der Waals surface area contributed by atoms with Crippen molar-refractivity contribution in [3.8, 4) is 0 Å². The van der Waals surface area contributed by atoms with Crippen LogP contribution in [0.3, 0.4) is 0 Å². The number of imide groups is 1. The average Bonchev–Trinajstić information content (AvgIpc) is 2.96. The number of cyclic esters (lactones) is 1. The summed E-state index contributed by atoms with van der Waals surface area (Å²) in [7, 11) is 0. The molecule has 0 aliphatic carbocycles. The second-order valence-electron chi connectivity index (χ2n) is 6.83. The summed E-state index contributed by atoms with van der Waals surface area (Å²) in [5.41, 5.74) is 1.02. The summed E-state index contributed by atoms with van der Waals surface area (Å²) in [6.45, 7) is 6.39. The first-order chi connectivity index (χ1) is 11.4. The molecule has 0 bridgehead atoms. The minimum absolute atomic E-state index is 0.169. The first-order valence-corrected chi connectivity index (χ1v) is 9.10. The molecule has 0 saturated carbocycles. The molecule has 2 atom stereocenters. The largest absolute Gasteiger partial charge is 0.447 e. The fraction of sp³-hybridized carbons (Fsp3) is 0.579. The fourth-order valence-corrected chi connectivity index (χ4v) is 3.54.